The van der Waals surface area contributed by atoms with Crippen LogP contribution in [0.5, 0.6) is 11.5 Å². The molecule has 7 nitrogen and oxygen atoms in total. The van der Waals surface area contributed by atoms with Gasteiger partial charge in [-0.05, 0) is 25.0 Å². The minimum Gasteiger partial charge on any atom is -0.454 e. The van der Waals surface area contributed by atoms with Crippen LogP contribution in [-0.2, 0) is 0 Å². The Morgan fingerprint density at radius 1 is 1.04 bits per heavy atom. The van der Waals surface area contributed by atoms with E-state index in [1.165, 1.54) is 25.6 Å². The highest BCUT2D eigenvalue weighted by molar-refractivity contribution is 5.93. The molecule has 1 aliphatic heterocycles. The number of nitrogens with one attached hydrogen (secondary N) is 2. The summed E-state index contributed by atoms with van der Waals surface area (Å²) in [4.78, 5) is 20.7. The van der Waals surface area contributed by atoms with E-state index in [9.17, 15) is 4.79 Å². The van der Waals surface area contributed by atoms with Crippen molar-refractivity contribution < 1.29 is 14.3 Å². The first-order valence-corrected chi connectivity index (χ1v) is 8.57. The molecule has 1 amide bonds. The highest BCUT2D eigenvalue weighted by Crippen LogP contribution is 2.34. The Bertz CT molecular complexity index is 775. The number of rotatable bonds is 4. The van der Waals surface area contributed by atoms with Crippen LogP contribution in [0.25, 0.3) is 0 Å². The lowest BCUT2D eigenvalue weighted by Crippen LogP contribution is -2.36. The number of carbonyl (C=O) groups excluding carboxylic acids is 1. The Labute approximate surface area is 145 Å². The van der Waals surface area contributed by atoms with E-state index >= 15 is 0 Å². The van der Waals surface area contributed by atoms with E-state index in [1.807, 2.05) is 18.2 Å². The summed E-state index contributed by atoms with van der Waals surface area (Å²) < 4.78 is 10.7. The number of hydrogen-bond donors (Lipinski definition) is 2. The zero-order chi connectivity index (χ0) is 17.1. The smallest absolute Gasteiger partial charge is 0.270 e. The first-order valence-electron chi connectivity index (χ1n) is 8.57. The second-order valence-corrected chi connectivity index (χ2v) is 6.29. The van der Waals surface area contributed by atoms with Crippen LogP contribution in [0.2, 0.25) is 0 Å². The minimum atomic E-state index is -0.150. The molecule has 1 fully saturated rings. The molecule has 1 aromatic carbocycles. The number of benzene rings is 1. The summed E-state index contributed by atoms with van der Waals surface area (Å²) in [6.07, 6.45) is 7.07. The Morgan fingerprint density at radius 2 is 1.88 bits per heavy atom. The van der Waals surface area contributed by atoms with E-state index in [2.05, 4.69) is 20.6 Å². The molecule has 1 aliphatic carbocycles. The Morgan fingerprint density at radius 3 is 2.76 bits per heavy atom. The first kappa shape index (κ1) is 15.7. The van der Waals surface area contributed by atoms with Crippen LogP contribution in [0.4, 0.5) is 11.5 Å². The summed E-state index contributed by atoms with van der Waals surface area (Å²) in [5.74, 6) is 1.82. The van der Waals surface area contributed by atoms with Crippen molar-refractivity contribution in [1.82, 2.24) is 15.3 Å². The number of aromatic nitrogens is 2. The third-order valence-corrected chi connectivity index (χ3v) is 4.49. The number of carbonyl (C=O) groups is 1. The van der Waals surface area contributed by atoms with Crippen LogP contribution in [0.1, 0.15) is 42.6 Å². The van der Waals surface area contributed by atoms with Crippen LogP contribution < -0.4 is 20.1 Å². The highest BCUT2D eigenvalue weighted by Gasteiger charge is 2.18. The van der Waals surface area contributed by atoms with E-state index in [0.717, 1.165) is 24.3 Å². The molecular weight excluding hydrogens is 320 g/mol. The van der Waals surface area contributed by atoms with Gasteiger partial charge in [-0.3, -0.25) is 4.79 Å². The van der Waals surface area contributed by atoms with Gasteiger partial charge in [0.2, 0.25) is 6.79 Å². The van der Waals surface area contributed by atoms with Crippen molar-refractivity contribution in [2.45, 2.75) is 38.1 Å². The number of amides is 1. The van der Waals surface area contributed by atoms with Crippen molar-refractivity contribution in [3.63, 3.8) is 0 Å². The lowest BCUT2D eigenvalue weighted by atomic mass is 9.95. The molecule has 0 spiro atoms. The molecule has 2 aliphatic rings. The monoisotopic (exact) mass is 340 g/mol. The maximum atomic E-state index is 12.4. The quantitative estimate of drug-likeness (QED) is 0.890. The predicted octanol–water partition coefficient (Wildman–Crippen LogP) is 3.01. The fourth-order valence-corrected chi connectivity index (χ4v) is 3.18. The van der Waals surface area contributed by atoms with E-state index in [4.69, 9.17) is 9.47 Å². The van der Waals surface area contributed by atoms with Gasteiger partial charge in [-0.1, -0.05) is 19.3 Å². The lowest BCUT2D eigenvalue weighted by Gasteiger charge is -2.22. The zero-order valence-electron chi connectivity index (χ0n) is 13.8. The van der Waals surface area contributed by atoms with Crippen LogP contribution in [0.15, 0.2) is 30.6 Å². The summed E-state index contributed by atoms with van der Waals surface area (Å²) in [6, 6.07) is 7.45. The van der Waals surface area contributed by atoms with Crippen LogP contribution >= 0.6 is 0 Å². The molecule has 0 atom stereocenters. The average Bonchev–Trinajstić information content (AvgIpc) is 3.10. The average molecular weight is 340 g/mol. The molecule has 1 saturated carbocycles. The largest absolute Gasteiger partial charge is 0.454 e. The van der Waals surface area contributed by atoms with Crippen molar-refractivity contribution >= 4 is 17.4 Å². The van der Waals surface area contributed by atoms with Crippen molar-refractivity contribution in [2.75, 3.05) is 12.1 Å². The minimum absolute atomic E-state index is 0.150. The SMILES string of the molecule is O=C(NC1CCCCC1)c1cc(Nc2ccc3c(c2)OCO3)ncn1. The van der Waals surface area contributed by atoms with Crippen LogP contribution in [0, 0.1) is 0 Å². The van der Waals surface area contributed by atoms with Gasteiger partial charge < -0.3 is 20.1 Å². The number of ether oxygens (including phenoxy) is 2. The Balaban J connectivity index is 1.44. The Hall–Kier alpha value is -2.83. The van der Waals surface area contributed by atoms with E-state index < -0.39 is 0 Å². The molecule has 130 valence electrons. The summed E-state index contributed by atoms with van der Waals surface area (Å²) in [5.41, 5.74) is 1.17. The topological polar surface area (TPSA) is 85.4 Å². The molecular formula is C18H20N4O3. The van der Waals surface area contributed by atoms with Crippen molar-refractivity contribution in [3.05, 3.63) is 36.3 Å². The van der Waals surface area contributed by atoms with E-state index in [-0.39, 0.29) is 18.7 Å². The molecule has 2 heterocycles. The number of hydrogen-bond acceptors (Lipinski definition) is 6. The van der Waals surface area contributed by atoms with Gasteiger partial charge in [0.25, 0.3) is 5.91 Å². The fourth-order valence-electron chi connectivity index (χ4n) is 3.18. The molecule has 1 aromatic heterocycles. The molecule has 4 rings (SSSR count). The van der Waals surface area contributed by atoms with Gasteiger partial charge in [-0.2, -0.15) is 0 Å². The van der Waals surface area contributed by atoms with Gasteiger partial charge in [0.05, 0.1) is 0 Å². The maximum Gasteiger partial charge on any atom is 0.270 e. The third kappa shape index (κ3) is 3.65. The molecule has 2 N–H and O–H groups in total. The summed E-state index contributed by atoms with van der Waals surface area (Å²) in [5, 5.41) is 6.23. The van der Waals surface area contributed by atoms with E-state index in [1.54, 1.807) is 6.07 Å². The van der Waals surface area contributed by atoms with Crippen molar-refractivity contribution in [1.29, 1.82) is 0 Å². The molecule has 0 unspecified atom stereocenters. The highest BCUT2D eigenvalue weighted by atomic mass is 16.7. The van der Waals surface area contributed by atoms with Crippen molar-refractivity contribution in [2.24, 2.45) is 0 Å². The molecule has 7 heteroatoms. The lowest BCUT2D eigenvalue weighted by molar-refractivity contribution is 0.0922. The number of nitrogens with zero attached hydrogens (tertiary/aromatic N) is 2. The predicted molar refractivity (Wildman–Crippen MR) is 92.2 cm³/mol. The van der Waals surface area contributed by atoms with Gasteiger partial charge in [0.1, 0.15) is 17.8 Å². The van der Waals surface area contributed by atoms with Crippen LogP contribution in [0.3, 0.4) is 0 Å². The second kappa shape index (κ2) is 6.96. The molecule has 0 bridgehead atoms. The van der Waals surface area contributed by atoms with Gasteiger partial charge >= 0.3 is 0 Å². The standard InChI is InChI=1S/C18H20N4O3/c23-18(22-12-4-2-1-3-5-12)14-9-17(20-10-19-14)21-13-6-7-15-16(8-13)25-11-24-15/h6-10,12H,1-5,11H2,(H,22,23)(H,19,20,21). The van der Waals surface area contributed by atoms with Gasteiger partial charge in [-0.25, -0.2) is 9.97 Å². The zero-order valence-corrected chi connectivity index (χ0v) is 13.8. The van der Waals surface area contributed by atoms with Crippen molar-refractivity contribution in [3.8, 4) is 11.5 Å². The van der Waals surface area contributed by atoms with Gasteiger partial charge in [0.15, 0.2) is 11.5 Å². The first-order chi connectivity index (χ1) is 12.3. The summed E-state index contributed by atoms with van der Waals surface area (Å²) >= 11 is 0. The molecule has 2 aromatic rings. The molecule has 0 saturated heterocycles. The normalized spacial score (nSPS) is 16.5. The number of fused-ring (bicyclic) bond motifs is 1. The van der Waals surface area contributed by atoms with Crippen LogP contribution in [-0.4, -0.2) is 28.7 Å². The van der Waals surface area contributed by atoms with E-state index in [0.29, 0.717) is 17.3 Å². The molecule has 0 radical (unpaired) electrons. The molecule has 25 heavy (non-hydrogen) atoms. The maximum absolute atomic E-state index is 12.4. The Kier molecular flexibility index (Phi) is 4.37. The fraction of sp³-hybridized carbons (Fsp3) is 0.389. The summed E-state index contributed by atoms with van der Waals surface area (Å²) in [7, 11) is 0. The summed E-state index contributed by atoms with van der Waals surface area (Å²) in [6.45, 7) is 0.234. The number of anilines is 2. The third-order valence-electron chi connectivity index (χ3n) is 4.49. The second-order valence-electron chi connectivity index (χ2n) is 6.29. The van der Waals surface area contributed by atoms with Gasteiger partial charge in [0, 0.05) is 23.9 Å². The van der Waals surface area contributed by atoms with Gasteiger partial charge in [-0.15, -0.1) is 0 Å².